The Morgan fingerprint density at radius 1 is 0.123 bits per heavy atom. The lowest BCUT2D eigenvalue weighted by atomic mass is 10.0. The molecule has 0 saturated heterocycles. The van der Waals surface area contributed by atoms with Crippen molar-refractivity contribution in [2.45, 2.75) is 27.7 Å². The van der Waals surface area contributed by atoms with Crippen LogP contribution in [-0.4, -0.2) is 69.8 Å². The molecule has 7 heterocycles. The molecule has 0 amide bonds. The Kier molecular flexibility index (Phi) is 26.6. The van der Waals surface area contributed by atoms with E-state index in [0.29, 0.717) is 52.4 Å². The van der Waals surface area contributed by atoms with Gasteiger partial charge in [0.05, 0.1) is 17.1 Å². The molecule has 692 valence electrons. The minimum atomic E-state index is 0.606. The summed E-state index contributed by atoms with van der Waals surface area (Å²) in [5, 5.41) is 2.32. The van der Waals surface area contributed by atoms with Crippen LogP contribution >= 0.6 is 0 Å². The van der Waals surface area contributed by atoms with E-state index >= 15 is 0 Å². The van der Waals surface area contributed by atoms with Crippen LogP contribution in [0.25, 0.3) is 236 Å². The molecule has 14 nitrogen and oxygen atoms in total. The molecule has 0 N–H and O–H groups in total. The van der Waals surface area contributed by atoms with Crippen molar-refractivity contribution in [3.8, 4) is 226 Å². The van der Waals surface area contributed by atoms with Gasteiger partial charge in [-0.3, -0.25) is 15.0 Å². The molecular formula is C132H94N14. The lowest BCUT2D eigenvalue weighted by molar-refractivity contribution is 1.06. The molecule has 0 aliphatic carbocycles. The Labute approximate surface area is 848 Å². The maximum absolute atomic E-state index is 5.03. The molecular weight excluding hydrogens is 1780 g/mol. The van der Waals surface area contributed by atoms with Gasteiger partial charge in [0.15, 0.2) is 58.2 Å². The smallest absolute Gasteiger partial charge is 0.164 e. The van der Waals surface area contributed by atoms with Crippen LogP contribution in [-0.2, 0) is 0 Å². The summed E-state index contributed by atoms with van der Waals surface area (Å²) in [6.45, 7) is 8.02. The number of aryl methyl sites for hydroxylation is 4. The first-order chi connectivity index (χ1) is 71.9. The van der Waals surface area contributed by atoms with Gasteiger partial charge in [0.1, 0.15) is 0 Å². The van der Waals surface area contributed by atoms with Crippen molar-refractivity contribution in [1.29, 1.82) is 0 Å². The number of fused-ring (bicyclic) bond motifs is 1. The molecule has 146 heavy (non-hydrogen) atoms. The third kappa shape index (κ3) is 21.2. The quantitative estimate of drug-likeness (QED) is 0.0703. The van der Waals surface area contributed by atoms with Gasteiger partial charge in [0, 0.05) is 101 Å². The highest BCUT2D eigenvalue weighted by atomic mass is 15.1. The average molecular weight is 1880 g/mol. The zero-order chi connectivity index (χ0) is 98.4. The Balaban J connectivity index is 0.000000125. The number of pyridine rings is 3. The third-order valence-corrected chi connectivity index (χ3v) is 25.6. The molecule has 0 aliphatic rings. The van der Waals surface area contributed by atoms with E-state index in [1.165, 1.54) is 38.8 Å². The van der Waals surface area contributed by atoms with Crippen molar-refractivity contribution in [2.75, 3.05) is 0 Å². The van der Waals surface area contributed by atoms with Crippen molar-refractivity contribution in [3.63, 3.8) is 0 Å². The molecule has 0 atom stereocenters. The Morgan fingerprint density at radius 2 is 0.349 bits per heavy atom. The number of aromatic nitrogens is 14. The monoisotopic (exact) mass is 1870 g/mol. The van der Waals surface area contributed by atoms with E-state index in [1.807, 2.05) is 113 Å². The van der Waals surface area contributed by atoms with Crippen LogP contribution < -0.4 is 0 Å². The number of benzene rings is 17. The van der Waals surface area contributed by atoms with Gasteiger partial charge in [0.2, 0.25) is 0 Å². The van der Waals surface area contributed by atoms with E-state index in [1.54, 1.807) is 0 Å². The standard InChI is InChI=1S/C45H33N5.C44H31N5.C43H30N4/c1-30-28-31(2)47-42(46-30)37-26-20-36(21-27-37)40-14-9-15-41(29-40)45-49-43(38-22-16-34(17-23-38)32-10-5-3-6-11-32)48-44(50-45)39-24-18-35(19-25-39)33-12-7-4-8-13-33;1-30-10-8-17-41(46-30)40-27-26-39(29-45-40)37-15-9-16-38(28-37)44-48-42(35-22-18-33(19-23-35)31-11-4-2-5-12-31)47-43(49-44)36-24-20-34(21-25-36)32-13-6-3-7-14-32;1-29-28-38-14-8-9-15-39(38)40(44-29)34-20-26-37(27-21-34)43-46-41(35-22-16-32(17-23-35)30-10-4-2-5-11-30)45-42(47-43)36-24-18-33(19-25-36)31-12-6-3-7-13-31/h3-29H,1-2H3;2-29H,1H3;2-28H,1H3. The zero-order valence-electron chi connectivity index (χ0n) is 80.6. The number of hydrogen-bond donors (Lipinski definition) is 0. The van der Waals surface area contributed by atoms with Gasteiger partial charge in [-0.05, 0) is 159 Å². The van der Waals surface area contributed by atoms with Crippen LogP contribution in [0.15, 0.2) is 498 Å². The molecule has 14 heteroatoms. The topological polar surface area (TPSA) is 180 Å². The molecule has 0 radical (unpaired) electrons. The van der Waals surface area contributed by atoms with Crippen LogP contribution in [0, 0.1) is 27.7 Å². The molecule has 0 bridgehead atoms. The number of rotatable bonds is 20. The predicted octanol–water partition coefficient (Wildman–Crippen LogP) is 32.3. The largest absolute Gasteiger partial charge is 0.254 e. The number of nitrogens with zero attached hydrogens (tertiary/aromatic N) is 14. The summed E-state index contributed by atoms with van der Waals surface area (Å²) in [6, 6.07) is 169. The molecule has 17 aromatic carbocycles. The second kappa shape index (κ2) is 42.3. The summed E-state index contributed by atoms with van der Waals surface area (Å²) in [7, 11) is 0. The van der Waals surface area contributed by atoms with E-state index in [2.05, 4.69) is 427 Å². The van der Waals surface area contributed by atoms with Gasteiger partial charge in [-0.15, -0.1) is 0 Å². The zero-order valence-corrected chi connectivity index (χ0v) is 80.6. The molecule has 0 aliphatic heterocycles. The van der Waals surface area contributed by atoms with Crippen molar-refractivity contribution in [3.05, 3.63) is 520 Å². The van der Waals surface area contributed by atoms with Gasteiger partial charge in [0.25, 0.3) is 0 Å². The SMILES string of the molecule is Cc1cc(C)nc(-c2ccc(-c3cccc(-c4nc(-c5ccc(-c6ccccc6)cc5)nc(-c5ccc(-c6ccccc6)cc5)n4)c3)cc2)n1.Cc1cc2ccccc2c(-c2ccc(-c3nc(-c4ccc(-c5ccccc5)cc4)nc(-c4ccc(-c5ccccc5)cc4)n3)cc2)n1.Cc1cccc(-c2ccc(-c3cccc(-c4nc(-c5ccc(-c6ccccc6)cc5)nc(-c5ccc(-c6ccccc6)cc5)n4)c3)cn2)n1. The maximum atomic E-state index is 5.03. The molecule has 24 aromatic rings. The van der Waals surface area contributed by atoms with E-state index in [4.69, 9.17) is 54.8 Å². The van der Waals surface area contributed by atoms with Gasteiger partial charge in [-0.2, -0.15) is 0 Å². The first-order valence-corrected chi connectivity index (χ1v) is 48.6. The fourth-order valence-electron chi connectivity index (χ4n) is 18.0. The van der Waals surface area contributed by atoms with Crippen LogP contribution in [0.3, 0.4) is 0 Å². The van der Waals surface area contributed by atoms with Gasteiger partial charge < -0.3 is 0 Å². The Morgan fingerprint density at radius 3 is 0.651 bits per heavy atom. The van der Waals surface area contributed by atoms with E-state index in [9.17, 15) is 0 Å². The van der Waals surface area contributed by atoms with Crippen molar-refractivity contribution in [2.24, 2.45) is 0 Å². The highest BCUT2D eigenvalue weighted by Gasteiger charge is 2.21. The van der Waals surface area contributed by atoms with Gasteiger partial charge in [-0.1, -0.05) is 449 Å². The van der Waals surface area contributed by atoms with Gasteiger partial charge >= 0.3 is 0 Å². The normalized spacial score (nSPS) is 11.0. The predicted molar refractivity (Wildman–Crippen MR) is 594 cm³/mol. The van der Waals surface area contributed by atoms with Crippen molar-refractivity contribution < 1.29 is 0 Å². The molecule has 0 saturated carbocycles. The van der Waals surface area contributed by atoms with E-state index < -0.39 is 0 Å². The summed E-state index contributed by atoms with van der Waals surface area (Å²) in [6.07, 6.45) is 1.89. The first-order valence-electron chi connectivity index (χ1n) is 48.6. The molecule has 0 spiro atoms. The minimum Gasteiger partial charge on any atom is -0.254 e. The average Bonchev–Trinajstić information content (AvgIpc) is 0.753. The second-order valence-electron chi connectivity index (χ2n) is 35.8. The van der Waals surface area contributed by atoms with E-state index in [-0.39, 0.29) is 0 Å². The lowest BCUT2D eigenvalue weighted by Gasteiger charge is -2.11. The molecule has 0 unspecified atom stereocenters. The van der Waals surface area contributed by atoms with Crippen LogP contribution in [0.5, 0.6) is 0 Å². The van der Waals surface area contributed by atoms with Crippen LogP contribution in [0.4, 0.5) is 0 Å². The molecule has 24 rings (SSSR count). The van der Waals surface area contributed by atoms with Crippen molar-refractivity contribution >= 4 is 10.8 Å². The Hall–Kier alpha value is -19.4. The fraction of sp³-hybridized carbons (Fsp3) is 0.0303. The summed E-state index contributed by atoms with van der Waals surface area (Å²) in [5.74, 6) is 6.34. The summed E-state index contributed by atoms with van der Waals surface area (Å²) >= 11 is 0. The van der Waals surface area contributed by atoms with E-state index in [0.717, 1.165) is 168 Å². The number of hydrogen-bond acceptors (Lipinski definition) is 14. The molecule has 7 aromatic heterocycles. The summed E-state index contributed by atoms with van der Waals surface area (Å²) < 4.78 is 0. The summed E-state index contributed by atoms with van der Waals surface area (Å²) in [5.41, 5.74) is 34.9. The fourth-order valence-corrected chi connectivity index (χ4v) is 18.0. The third-order valence-electron chi connectivity index (χ3n) is 25.6. The summed E-state index contributed by atoms with van der Waals surface area (Å²) in [4.78, 5) is 68.6. The Bertz CT molecular complexity index is 8380. The maximum Gasteiger partial charge on any atom is 0.164 e. The highest BCUT2D eigenvalue weighted by molar-refractivity contribution is 5.95. The first kappa shape index (κ1) is 91.6. The highest BCUT2D eigenvalue weighted by Crippen LogP contribution is 2.39. The van der Waals surface area contributed by atoms with Gasteiger partial charge in [-0.25, -0.2) is 54.8 Å². The van der Waals surface area contributed by atoms with Crippen molar-refractivity contribution in [1.82, 2.24) is 69.8 Å². The second-order valence-corrected chi connectivity index (χ2v) is 35.8. The minimum absolute atomic E-state index is 0.606. The lowest BCUT2D eigenvalue weighted by Crippen LogP contribution is -2.00. The van der Waals surface area contributed by atoms with Crippen LogP contribution in [0.2, 0.25) is 0 Å². The molecule has 0 fully saturated rings. The van der Waals surface area contributed by atoms with Crippen LogP contribution in [0.1, 0.15) is 22.8 Å².